The Morgan fingerprint density at radius 3 is 2.45 bits per heavy atom. The number of amides is 1. The van der Waals surface area contributed by atoms with Crippen LogP contribution in [-0.4, -0.2) is 26.6 Å². The van der Waals surface area contributed by atoms with E-state index in [1.165, 1.54) is 16.9 Å². The van der Waals surface area contributed by atoms with E-state index in [0.29, 0.717) is 17.3 Å². The third-order valence-corrected chi connectivity index (χ3v) is 6.96. The van der Waals surface area contributed by atoms with Crippen LogP contribution in [0.3, 0.4) is 0 Å². The highest BCUT2D eigenvalue weighted by Gasteiger charge is 2.15. The van der Waals surface area contributed by atoms with Gasteiger partial charge in [-0.3, -0.25) is 4.79 Å². The number of nitrogens with zero attached hydrogens (tertiary/aromatic N) is 2. The molecule has 0 aliphatic heterocycles. The lowest BCUT2D eigenvalue weighted by Gasteiger charge is -2.02. The van der Waals surface area contributed by atoms with Gasteiger partial charge in [-0.1, -0.05) is 89.8 Å². The molecule has 2 aromatic heterocycles. The first kappa shape index (κ1) is 21.4. The highest BCUT2D eigenvalue weighted by molar-refractivity contribution is 7.99. The Balaban J connectivity index is 1.26. The molecule has 0 fully saturated rings. The van der Waals surface area contributed by atoms with Crippen molar-refractivity contribution in [3.63, 3.8) is 0 Å². The van der Waals surface area contributed by atoms with E-state index in [-0.39, 0.29) is 5.91 Å². The average Bonchev–Trinajstić information content (AvgIpc) is 3.43. The monoisotopic (exact) mass is 470 g/mol. The largest absolute Gasteiger partial charge is 0.332 e. The second-order valence-electron chi connectivity index (χ2n) is 7.63. The zero-order chi connectivity index (χ0) is 22.6. The Labute approximate surface area is 200 Å². The minimum absolute atomic E-state index is 0.0450. The van der Waals surface area contributed by atoms with Crippen LogP contribution >= 0.6 is 23.1 Å². The molecule has 0 aliphatic carbocycles. The van der Waals surface area contributed by atoms with Gasteiger partial charge in [-0.2, -0.15) is 0 Å². The van der Waals surface area contributed by atoms with E-state index in [2.05, 4.69) is 52.5 Å². The quantitative estimate of drug-likeness (QED) is 0.257. The molecule has 5 aromatic rings. The van der Waals surface area contributed by atoms with Crippen LogP contribution in [0.25, 0.3) is 32.7 Å². The lowest BCUT2D eigenvalue weighted by molar-refractivity contribution is -0.115. The van der Waals surface area contributed by atoms with Crippen molar-refractivity contribution in [1.82, 2.24) is 15.0 Å². The molecule has 1 amide bonds. The van der Waals surface area contributed by atoms with Gasteiger partial charge in [0.15, 0.2) is 10.3 Å². The minimum atomic E-state index is -0.0450. The van der Waals surface area contributed by atoms with Crippen molar-refractivity contribution in [2.75, 3.05) is 11.1 Å². The molecule has 2 heterocycles. The van der Waals surface area contributed by atoms with E-state index in [1.807, 2.05) is 48.5 Å². The molecule has 0 unspecified atom stereocenters. The Morgan fingerprint density at radius 2 is 1.70 bits per heavy atom. The SMILES string of the molecule is Cc1ccc2nc(NC(=O)CCSc3nc(-c4ccccc4)c(-c4ccccc4)[nH]3)sc2c1. The van der Waals surface area contributed by atoms with Gasteiger partial charge in [0, 0.05) is 23.3 Å². The molecule has 0 spiro atoms. The van der Waals surface area contributed by atoms with E-state index in [0.717, 1.165) is 37.9 Å². The van der Waals surface area contributed by atoms with E-state index in [1.54, 1.807) is 11.8 Å². The summed E-state index contributed by atoms with van der Waals surface area (Å²) in [6.07, 6.45) is 0.377. The number of anilines is 1. The summed E-state index contributed by atoms with van der Waals surface area (Å²) in [6, 6.07) is 26.4. The van der Waals surface area contributed by atoms with Crippen LogP contribution in [0.4, 0.5) is 5.13 Å². The molecule has 33 heavy (non-hydrogen) atoms. The first-order chi connectivity index (χ1) is 16.2. The number of hydrogen-bond donors (Lipinski definition) is 2. The van der Waals surface area contributed by atoms with Crippen molar-refractivity contribution >= 4 is 44.4 Å². The molecule has 0 bridgehead atoms. The molecule has 164 valence electrons. The number of benzene rings is 3. The fourth-order valence-electron chi connectivity index (χ4n) is 3.55. The molecule has 0 saturated heterocycles. The maximum absolute atomic E-state index is 12.5. The normalized spacial score (nSPS) is 11.1. The van der Waals surface area contributed by atoms with Crippen molar-refractivity contribution in [2.24, 2.45) is 0 Å². The summed E-state index contributed by atoms with van der Waals surface area (Å²) in [5.41, 5.74) is 6.14. The highest BCUT2D eigenvalue weighted by atomic mass is 32.2. The van der Waals surface area contributed by atoms with E-state index in [9.17, 15) is 4.79 Å². The van der Waals surface area contributed by atoms with Crippen LogP contribution in [0.1, 0.15) is 12.0 Å². The summed E-state index contributed by atoms with van der Waals surface area (Å²) in [6.45, 7) is 2.05. The lowest BCUT2D eigenvalue weighted by atomic mass is 10.1. The fourth-order valence-corrected chi connectivity index (χ4v) is 5.34. The third-order valence-electron chi connectivity index (χ3n) is 5.15. The van der Waals surface area contributed by atoms with Crippen LogP contribution in [0.15, 0.2) is 84.0 Å². The standard InChI is InChI=1S/C26H22N4OS2/c1-17-12-13-20-21(16-17)33-26(27-20)28-22(31)14-15-32-25-29-23(18-8-4-2-5-9-18)24(30-25)19-10-6-3-7-11-19/h2-13,16H,14-15H2,1H3,(H,29,30)(H,27,28,31). The number of aromatic nitrogens is 3. The minimum Gasteiger partial charge on any atom is -0.332 e. The van der Waals surface area contributed by atoms with Gasteiger partial charge in [0.25, 0.3) is 0 Å². The van der Waals surface area contributed by atoms with Gasteiger partial charge in [0.2, 0.25) is 5.91 Å². The van der Waals surface area contributed by atoms with Gasteiger partial charge < -0.3 is 10.3 Å². The number of rotatable bonds is 7. The number of thioether (sulfide) groups is 1. The number of carbonyl (C=O) groups excluding carboxylic acids is 1. The Kier molecular flexibility index (Phi) is 6.24. The number of fused-ring (bicyclic) bond motifs is 1. The Hall–Kier alpha value is -3.42. The van der Waals surface area contributed by atoms with Gasteiger partial charge in [0.05, 0.1) is 21.6 Å². The number of nitrogens with one attached hydrogen (secondary N) is 2. The van der Waals surface area contributed by atoms with Gasteiger partial charge >= 0.3 is 0 Å². The second kappa shape index (κ2) is 9.60. The molecule has 5 rings (SSSR count). The van der Waals surface area contributed by atoms with Crippen LogP contribution < -0.4 is 5.32 Å². The van der Waals surface area contributed by atoms with Crippen LogP contribution in [0.2, 0.25) is 0 Å². The Morgan fingerprint density at radius 1 is 0.970 bits per heavy atom. The number of imidazole rings is 1. The molecule has 0 aliphatic rings. The molecular weight excluding hydrogens is 448 g/mol. The molecule has 0 saturated carbocycles. The number of carbonyl (C=O) groups is 1. The summed E-state index contributed by atoms with van der Waals surface area (Å²) in [7, 11) is 0. The average molecular weight is 471 g/mol. The summed E-state index contributed by atoms with van der Waals surface area (Å²) in [5.74, 6) is 0.572. The molecule has 2 N–H and O–H groups in total. The van der Waals surface area contributed by atoms with Crippen molar-refractivity contribution < 1.29 is 4.79 Å². The van der Waals surface area contributed by atoms with Gasteiger partial charge in [-0.05, 0) is 24.6 Å². The third kappa shape index (κ3) is 4.99. The predicted molar refractivity (Wildman–Crippen MR) is 138 cm³/mol. The van der Waals surface area contributed by atoms with Crippen molar-refractivity contribution in [2.45, 2.75) is 18.5 Å². The zero-order valence-electron chi connectivity index (χ0n) is 18.0. The molecule has 5 nitrogen and oxygen atoms in total. The topological polar surface area (TPSA) is 70.7 Å². The number of aromatic amines is 1. The maximum Gasteiger partial charge on any atom is 0.226 e. The summed E-state index contributed by atoms with van der Waals surface area (Å²) in [5, 5.41) is 4.37. The fraction of sp³-hybridized carbons (Fsp3) is 0.115. The van der Waals surface area contributed by atoms with Crippen molar-refractivity contribution in [3.8, 4) is 22.5 Å². The van der Waals surface area contributed by atoms with Gasteiger partial charge in [0.1, 0.15) is 0 Å². The van der Waals surface area contributed by atoms with Crippen molar-refractivity contribution in [1.29, 1.82) is 0 Å². The number of H-pyrrole nitrogens is 1. The van der Waals surface area contributed by atoms with E-state index < -0.39 is 0 Å². The van der Waals surface area contributed by atoms with Crippen LogP contribution in [0.5, 0.6) is 0 Å². The number of aryl methyl sites for hydroxylation is 1. The van der Waals surface area contributed by atoms with Gasteiger partial charge in [-0.15, -0.1) is 0 Å². The maximum atomic E-state index is 12.5. The smallest absolute Gasteiger partial charge is 0.226 e. The molecule has 0 radical (unpaired) electrons. The predicted octanol–water partition coefficient (Wildman–Crippen LogP) is 6.78. The lowest BCUT2D eigenvalue weighted by Crippen LogP contribution is -2.11. The zero-order valence-corrected chi connectivity index (χ0v) is 19.7. The van der Waals surface area contributed by atoms with Crippen molar-refractivity contribution in [3.05, 3.63) is 84.4 Å². The second-order valence-corrected chi connectivity index (χ2v) is 9.75. The summed E-state index contributed by atoms with van der Waals surface area (Å²) >= 11 is 3.05. The van der Waals surface area contributed by atoms with Crippen LogP contribution in [0, 0.1) is 6.92 Å². The Bertz CT molecular complexity index is 1340. The number of thiazole rings is 1. The number of hydrogen-bond acceptors (Lipinski definition) is 5. The molecule has 7 heteroatoms. The van der Waals surface area contributed by atoms with E-state index in [4.69, 9.17) is 4.98 Å². The molecule has 3 aromatic carbocycles. The van der Waals surface area contributed by atoms with E-state index >= 15 is 0 Å². The summed E-state index contributed by atoms with van der Waals surface area (Å²) < 4.78 is 1.08. The molecular formula is C26H22N4OS2. The van der Waals surface area contributed by atoms with Gasteiger partial charge in [-0.25, -0.2) is 9.97 Å². The molecule has 0 atom stereocenters. The van der Waals surface area contributed by atoms with Crippen LogP contribution in [-0.2, 0) is 4.79 Å². The first-order valence-electron chi connectivity index (χ1n) is 10.7. The summed E-state index contributed by atoms with van der Waals surface area (Å²) in [4.78, 5) is 25.3. The highest BCUT2D eigenvalue weighted by Crippen LogP contribution is 2.33. The first-order valence-corrected chi connectivity index (χ1v) is 12.5.